The molecular formula is C9H8BrF2NO2. The zero-order valence-corrected chi connectivity index (χ0v) is 9.40. The lowest BCUT2D eigenvalue weighted by Crippen LogP contribution is -2.11. The van der Waals surface area contributed by atoms with Crippen LogP contribution < -0.4 is 5.73 Å². The Hall–Kier alpha value is -1.17. The highest BCUT2D eigenvalue weighted by atomic mass is 79.9. The molecule has 3 nitrogen and oxygen atoms in total. The van der Waals surface area contributed by atoms with E-state index in [9.17, 15) is 13.6 Å². The summed E-state index contributed by atoms with van der Waals surface area (Å²) in [5.74, 6) is -2.82. The Morgan fingerprint density at radius 2 is 2.20 bits per heavy atom. The van der Waals surface area contributed by atoms with Crippen molar-refractivity contribution in [3.8, 4) is 0 Å². The molecule has 0 aliphatic heterocycles. The van der Waals surface area contributed by atoms with Crippen LogP contribution in [0.4, 0.5) is 14.5 Å². The molecule has 0 atom stereocenters. The van der Waals surface area contributed by atoms with Gasteiger partial charge in [0, 0.05) is 0 Å². The number of carbonyl (C=O) groups is 1. The van der Waals surface area contributed by atoms with Gasteiger partial charge >= 0.3 is 5.97 Å². The molecule has 15 heavy (non-hydrogen) atoms. The zero-order chi connectivity index (χ0) is 11.6. The predicted molar refractivity (Wildman–Crippen MR) is 54.4 cm³/mol. The van der Waals surface area contributed by atoms with Gasteiger partial charge in [-0.05, 0) is 28.9 Å². The van der Waals surface area contributed by atoms with E-state index in [2.05, 4.69) is 20.7 Å². The van der Waals surface area contributed by atoms with Gasteiger partial charge in [0.2, 0.25) is 0 Å². The summed E-state index contributed by atoms with van der Waals surface area (Å²) >= 11 is 2.67. The molecule has 1 rings (SSSR count). The summed E-state index contributed by atoms with van der Waals surface area (Å²) in [5.41, 5.74) is 4.58. The number of halogens is 3. The molecule has 1 aromatic rings. The first-order chi connectivity index (χ1) is 6.99. The number of carbonyl (C=O) groups excluding carboxylic acids is 1. The first-order valence-corrected chi connectivity index (χ1v) is 4.88. The van der Waals surface area contributed by atoms with E-state index in [0.29, 0.717) is 0 Å². The Bertz CT molecular complexity index is 410. The second kappa shape index (κ2) is 4.57. The normalized spacial score (nSPS) is 10.1. The number of benzene rings is 1. The van der Waals surface area contributed by atoms with Crippen LogP contribution in [0.1, 0.15) is 17.3 Å². The van der Waals surface area contributed by atoms with Crippen LogP contribution in [0.25, 0.3) is 0 Å². The number of esters is 1. The van der Waals surface area contributed by atoms with Gasteiger partial charge in [0.1, 0.15) is 11.4 Å². The highest BCUT2D eigenvalue weighted by Crippen LogP contribution is 2.27. The smallest absolute Gasteiger partial charge is 0.343 e. The van der Waals surface area contributed by atoms with Crippen LogP contribution in [-0.4, -0.2) is 12.6 Å². The third-order valence-corrected chi connectivity index (χ3v) is 2.40. The Morgan fingerprint density at radius 3 is 2.73 bits per heavy atom. The molecule has 82 valence electrons. The van der Waals surface area contributed by atoms with Crippen molar-refractivity contribution < 1.29 is 18.3 Å². The minimum atomic E-state index is -1.05. The highest BCUT2D eigenvalue weighted by molar-refractivity contribution is 9.10. The summed E-state index contributed by atoms with van der Waals surface area (Å²) in [7, 11) is 0. The van der Waals surface area contributed by atoms with E-state index in [4.69, 9.17) is 5.73 Å². The van der Waals surface area contributed by atoms with Crippen LogP contribution in [0, 0.1) is 11.6 Å². The van der Waals surface area contributed by atoms with Crippen molar-refractivity contribution in [2.75, 3.05) is 12.3 Å². The van der Waals surface area contributed by atoms with Gasteiger partial charge in [-0.15, -0.1) is 0 Å². The van der Waals surface area contributed by atoms with Crippen molar-refractivity contribution in [2.45, 2.75) is 6.92 Å². The SMILES string of the molecule is CCOC(=O)c1c(N)cc(F)c(Br)c1F. The van der Waals surface area contributed by atoms with E-state index in [1.54, 1.807) is 6.92 Å². The Labute approximate surface area is 93.3 Å². The summed E-state index contributed by atoms with van der Waals surface area (Å²) in [4.78, 5) is 11.3. The molecule has 0 bridgehead atoms. The van der Waals surface area contributed by atoms with Gasteiger partial charge in [-0.1, -0.05) is 0 Å². The first kappa shape index (κ1) is 11.9. The van der Waals surface area contributed by atoms with Gasteiger partial charge in [-0.3, -0.25) is 0 Å². The van der Waals surface area contributed by atoms with Gasteiger partial charge in [0.05, 0.1) is 16.8 Å². The average Bonchev–Trinajstić information content (AvgIpc) is 2.15. The lowest BCUT2D eigenvalue weighted by atomic mass is 10.1. The predicted octanol–water partition coefficient (Wildman–Crippen LogP) is 2.49. The standard InChI is InChI=1S/C9H8BrF2NO2/c1-2-15-9(14)6-5(13)3-4(11)7(10)8(6)12/h3H,2,13H2,1H3. The number of nitrogen functional groups attached to an aromatic ring is 1. The first-order valence-electron chi connectivity index (χ1n) is 4.09. The van der Waals surface area contributed by atoms with E-state index in [1.807, 2.05) is 0 Å². The molecule has 0 heterocycles. The van der Waals surface area contributed by atoms with Gasteiger partial charge in [-0.2, -0.15) is 0 Å². The molecule has 0 radical (unpaired) electrons. The molecule has 0 saturated heterocycles. The average molecular weight is 280 g/mol. The topological polar surface area (TPSA) is 52.3 Å². The van der Waals surface area contributed by atoms with Crippen molar-refractivity contribution in [1.82, 2.24) is 0 Å². The molecule has 1 aromatic carbocycles. The van der Waals surface area contributed by atoms with Gasteiger partial charge in [0.25, 0.3) is 0 Å². The number of rotatable bonds is 2. The largest absolute Gasteiger partial charge is 0.462 e. The minimum Gasteiger partial charge on any atom is -0.462 e. The maximum Gasteiger partial charge on any atom is 0.343 e. The maximum atomic E-state index is 13.4. The van der Waals surface area contributed by atoms with Crippen LogP contribution in [0.3, 0.4) is 0 Å². The second-order valence-corrected chi connectivity index (χ2v) is 3.46. The lowest BCUT2D eigenvalue weighted by Gasteiger charge is -2.08. The summed E-state index contributed by atoms with van der Waals surface area (Å²) in [5, 5.41) is 0. The molecule has 0 spiro atoms. The lowest BCUT2D eigenvalue weighted by molar-refractivity contribution is 0.0522. The molecule has 0 amide bonds. The minimum absolute atomic E-state index is 0.0900. The summed E-state index contributed by atoms with van der Waals surface area (Å²) in [6.07, 6.45) is 0. The highest BCUT2D eigenvalue weighted by Gasteiger charge is 2.21. The van der Waals surface area contributed by atoms with Crippen molar-refractivity contribution in [1.29, 1.82) is 0 Å². The Balaban J connectivity index is 3.29. The number of hydrogen-bond donors (Lipinski definition) is 1. The third-order valence-electron chi connectivity index (χ3n) is 1.67. The van der Waals surface area contributed by atoms with E-state index >= 15 is 0 Å². The molecule has 0 saturated carbocycles. The van der Waals surface area contributed by atoms with Crippen molar-refractivity contribution in [3.05, 3.63) is 27.7 Å². The molecule has 0 fully saturated rings. The van der Waals surface area contributed by atoms with Crippen LogP contribution in [0.2, 0.25) is 0 Å². The van der Waals surface area contributed by atoms with Gasteiger partial charge in [-0.25, -0.2) is 13.6 Å². The van der Waals surface area contributed by atoms with Crippen molar-refractivity contribution >= 4 is 27.6 Å². The monoisotopic (exact) mass is 279 g/mol. The van der Waals surface area contributed by atoms with Crippen molar-refractivity contribution in [3.63, 3.8) is 0 Å². The fraction of sp³-hybridized carbons (Fsp3) is 0.222. The molecule has 6 heteroatoms. The van der Waals surface area contributed by atoms with E-state index in [1.165, 1.54) is 0 Å². The molecule has 2 N–H and O–H groups in total. The van der Waals surface area contributed by atoms with Crippen LogP contribution in [-0.2, 0) is 4.74 Å². The molecule has 0 aliphatic rings. The van der Waals surface area contributed by atoms with Gasteiger partial charge in [0.15, 0.2) is 5.82 Å². The van der Waals surface area contributed by atoms with E-state index in [0.717, 1.165) is 6.07 Å². The Morgan fingerprint density at radius 1 is 1.60 bits per heavy atom. The Kier molecular flexibility index (Phi) is 3.62. The van der Waals surface area contributed by atoms with Crippen LogP contribution >= 0.6 is 15.9 Å². The third kappa shape index (κ3) is 2.26. The molecule has 0 unspecified atom stereocenters. The summed E-state index contributed by atoms with van der Waals surface area (Å²) in [6.45, 7) is 1.66. The fourth-order valence-corrected chi connectivity index (χ4v) is 1.34. The molecule has 0 aliphatic carbocycles. The number of nitrogens with two attached hydrogens (primary N) is 1. The van der Waals surface area contributed by atoms with Crippen LogP contribution in [0.15, 0.2) is 10.5 Å². The fourth-order valence-electron chi connectivity index (χ4n) is 1.02. The summed E-state index contributed by atoms with van der Waals surface area (Å²) < 4.78 is 30.5. The maximum absolute atomic E-state index is 13.4. The summed E-state index contributed by atoms with van der Waals surface area (Å²) in [6, 6.07) is 0.861. The number of ether oxygens (including phenoxy) is 1. The quantitative estimate of drug-likeness (QED) is 0.514. The number of hydrogen-bond acceptors (Lipinski definition) is 3. The number of anilines is 1. The second-order valence-electron chi connectivity index (χ2n) is 2.67. The molecular weight excluding hydrogens is 272 g/mol. The van der Waals surface area contributed by atoms with E-state index < -0.39 is 27.6 Å². The van der Waals surface area contributed by atoms with E-state index in [-0.39, 0.29) is 12.3 Å². The van der Waals surface area contributed by atoms with Gasteiger partial charge < -0.3 is 10.5 Å². The molecule has 0 aromatic heterocycles. The van der Waals surface area contributed by atoms with Crippen molar-refractivity contribution in [2.24, 2.45) is 0 Å². The zero-order valence-electron chi connectivity index (χ0n) is 7.81. The van der Waals surface area contributed by atoms with Crippen LogP contribution in [0.5, 0.6) is 0 Å².